The molecule has 0 fully saturated rings. The number of rotatable bonds is 1. The number of hydrogen-bond donors (Lipinski definition) is 0. The fraction of sp³-hybridized carbons (Fsp3) is 0.250. The normalized spacial score (nSPS) is 12.2. The molecule has 23 heavy (non-hydrogen) atoms. The minimum absolute atomic E-state index is 0.945. The van der Waals surface area contributed by atoms with Crippen molar-refractivity contribution in [1.82, 2.24) is 9.97 Å². The predicted molar refractivity (Wildman–Crippen MR) is 91.1 cm³/mol. The highest BCUT2D eigenvalue weighted by atomic mass is 15.0. The summed E-state index contributed by atoms with van der Waals surface area (Å²) in [5.74, 6) is 1.02. The fourth-order valence-electron chi connectivity index (χ4n) is 3.49. The molecule has 0 amide bonds. The largest absolute Gasteiger partial charge is 0.331 e. The zero-order valence-electron chi connectivity index (χ0n) is 14.0. The molecule has 0 spiro atoms. The summed E-state index contributed by atoms with van der Waals surface area (Å²) in [6, 6.07) is 6.56. The molecule has 2 aromatic heterocycles. The second-order valence-corrected chi connectivity index (χ2v) is 6.51. The van der Waals surface area contributed by atoms with Gasteiger partial charge in [0, 0.05) is 29.9 Å². The third kappa shape index (κ3) is 2.15. The lowest BCUT2D eigenvalue weighted by Gasteiger charge is -2.09. The van der Waals surface area contributed by atoms with E-state index >= 15 is 0 Å². The van der Waals surface area contributed by atoms with Crippen molar-refractivity contribution >= 4 is 0 Å². The molecule has 0 radical (unpaired) electrons. The summed E-state index contributed by atoms with van der Waals surface area (Å²) >= 11 is 0. The maximum Gasteiger partial charge on any atom is 0.331 e. The Morgan fingerprint density at radius 2 is 1.87 bits per heavy atom. The Bertz CT molecular complexity index is 942. The van der Waals surface area contributed by atoms with Crippen molar-refractivity contribution < 1.29 is 4.57 Å². The molecule has 4 rings (SSSR count). The van der Waals surface area contributed by atoms with E-state index in [-0.39, 0.29) is 0 Å². The Labute approximate surface area is 136 Å². The van der Waals surface area contributed by atoms with Gasteiger partial charge in [0.1, 0.15) is 0 Å². The van der Waals surface area contributed by atoms with E-state index in [4.69, 9.17) is 4.98 Å². The molecule has 0 bridgehead atoms. The Balaban J connectivity index is 1.97. The first-order chi connectivity index (χ1) is 11.0. The Morgan fingerprint density at radius 3 is 2.70 bits per heavy atom. The lowest BCUT2D eigenvalue weighted by Crippen LogP contribution is -2.33. The van der Waals surface area contributed by atoms with Crippen molar-refractivity contribution in [3.8, 4) is 22.6 Å². The molecule has 2 heterocycles. The molecule has 0 N–H and O–H groups in total. The molecule has 0 aliphatic heterocycles. The summed E-state index contributed by atoms with van der Waals surface area (Å²) in [6.07, 6.45) is 6.96. The number of nitrogens with zero attached hydrogens (tertiary/aromatic N) is 3. The van der Waals surface area contributed by atoms with Crippen LogP contribution in [0.1, 0.15) is 27.8 Å². The minimum Gasteiger partial charge on any atom is -0.264 e. The summed E-state index contributed by atoms with van der Waals surface area (Å²) in [4.78, 5) is 9.31. The van der Waals surface area contributed by atoms with E-state index in [1.165, 1.54) is 38.9 Å². The van der Waals surface area contributed by atoms with E-state index in [9.17, 15) is 0 Å². The van der Waals surface area contributed by atoms with Crippen LogP contribution in [0.3, 0.4) is 0 Å². The van der Waals surface area contributed by atoms with E-state index in [1.807, 2.05) is 12.4 Å². The van der Waals surface area contributed by atoms with Gasteiger partial charge >= 0.3 is 5.82 Å². The predicted octanol–water partition coefficient (Wildman–Crippen LogP) is 3.46. The van der Waals surface area contributed by atoms with Gasteiger partial charge in [0.15, 0.2) is 5.69 Å². The van der Waals surface area contributed by atoms with Gasteiger partial charge in [-0.1, -0.05) is 6.07 Å². The first-order valence-corrected chi connectivity index (χ1v) is 7.95. The lowest BCUT2D eigenvalue weighted by molar-refractivity contribution is -0.663. The van der Waals surface area contributed by atoms with E-state index in [0.717, 1.165) is 17.9 Å². The van der Waals surface area contributed by atoms with E-state index in [1.54, 1.807) is 0 Å². The number of pyridine rings is 1. The van der Waals surface area contributed by atoms with Gasteiger partial charge in [0.05, 0.1) is 18.8 Å². The van der Waals surface area contributed by atoms with Gasteiger partial charge in [-0.3, -0.25) is 4.98 Å². The van der Waals surface area contributed by atoms with Gasteiger partial charge < -0.3 is 0 Å². The Morgan fingerprint density at radius 1 is 1.04 bits per heavy atom. The van der Waals surface area contributed by atoms with Crippen LogP contribution in [0.15, 0.2) is 36.8 Å². The molecule has 1 aliphatic carbocycles. The van der Waals surface area contributed by atoms with Gasteiger partial charge in [0.2, 0.25) is 0 Å². The van der Waals surface area contributed by atoms with Gasteiger partial charge in [-0.25, -0.2) is 4.57 Å². The minimum atomic E-state index is 0.945. The van der Waals surface area contributed by atoms with Crippen LogP contribution in [0.2, 0.25) is 0 Å². The average Bonchev–Trinajstić information content (AvgIpc) is 2.87. The monoisotopic (exact) mass is 302 g/mol. The summed E-state index contributed by atoms with van der Waals surface area (Å²) in [6.45, 7) is 6.48. The van der Waals surface area contributed by atoms with Crippen molar-refractivity contribution in [2.45, 2.75) is 27.2 Å². The Kier molecular flexibility index (Phi) is 3.05. The summed E-state index contributed by atoms with van der Waals surface area (Å²) in [5.41, 5.74) is 9.94. The first kappa shape index (κ1) is 14.1. The van der Waals surface area contributed by atoms with Gasteiger partial charge in [-0.15, -0.1) is 0 Å². The quantitative estimate of drug-likeness (QED) is 0.504. The topological polar surface area (TPSA) is 29.7 Å². The number of aromatic nitrogens is 3. The maximum atomic E-state index is 5.03. The molecule has 1 aromatic carbocycles. The highest BCUT2D eigenvalue weighted by Crippen LogP contribution is 2.35. The molecule has 0 unspecified atom stereocenters. The molecular weight excluding hydrogens is 282 g/mol. The van der Waals surface area contributed by atoms with Crippen molar-refractivity contribution in [1.29, 1.82) is 0 Å². The van der Waals surface area contributed by atoms with Crippen molar-refractivity contribution in [2.24, 2.45) is 7.05 Å². The molecule has 0 atom stereocenters. The average molecular weight is 302 g/mol. The molecule has 0 saturated heterocycles. The van der Waals surface area contributed by atoms with Gasteiger partial charge in [-0.2, -0.15) is 0 Å². The van der Waals surface area contributed by atoms with E-state index in [0.29, 0.717) is 0 Å². The zero-order valence-corrected chi connectivity index (χ0v) is 14.0. The molecule has 0 saturated carbocycles. The molecule has 1 aliphatic rings. The second kappa shape index (κ2) is 4.98. The molecule has 3 aromatic rings. The highest BCUT2D eigenvalue weighted by Gasteiger charge is 2.29. The summed E-state index contributed by atoms with van der Waals surface area (Å²) in [5, 5.41) is 0. The molecule has 114 valence electrons. The van der Waals surface area contributed by atoms with Crippen molar-refractivity contribution in [2.75, 3.05) is 0 Å². The van der Waals surface area contributed by atoms with Crippen LogP contribution >= 0.6 is 0 Å². The van der Waals surface area contributed by atoms with Crippen LogP contribution in [0.4, 0.5) is 0 Å². The van der Waals surface area contributed by atoms with Crippen molar-refractivity contribution in [3.05, 3.63) is 64.6 Å². The second-order valence-electron chi connectivity index (χ2n) is 6.51. The molecular formula is C20H20N3+. The Hall–Kier alpha value is -2.55. The van der Waals surface area contributed by atoms with Crippen molar-refractivity contribution in [3.63, 3.8) is 0 Å². The number of benzene rings is 1. The van der Waals surface area contributed by atoms with Gasteiger partial charge in [0.25, 0.3) is 0 Å². The molecule has 3 nitrogen and oxygen atoms in total. The lowest BCUT2D eigenvalue weighted by atomic mass is 9.99. The number of fused-ring (bicyclic) bond motifs is 3. The number of hydrogen-bond acceptors (Lipinski definition) is 2. The third-order valence-electron chi connectivity index (χ3n) is 4.81. The van der Waals surface area contributed by atoms with E-state index < -0.39 is 0 Å². The zero-order chi connectivity index (χ0) is 16.1. The highest BCUT2D eigenvalue weighted by molar-refractivity contribution is 5.73. The SMILES string of the molecule is Cc1cc(C)c(C)c(-c2nc3c(c[n+]2C)Cc2ccncc2-3)c1. The van der Waals surface area contributed by atoms with Crippen LogP contribution < -0.4 is 4.57 Å². The standard InChI is InChI=1S/C20H20N3/c1-12-7-13(2)14(3)17(8-12)20-22-19-16(11-23(20)4)9-15-5-6-21-10-18(15)19/h5-8,10-11H,9H2,1-4H3/q+1. The molecule has 3 heteroatoms. The van der Waals surface area contributed by atoms with Crippen LogP contribution in [0.5, 0.6) is 0 Å². The van der Waals surface area contributed by atoms with Gasteiger partial charge in [-0.05, 0) is 60.1 Å². The third-order valence-corrected chi connectivity index (χ3v) is 4.81. The summed E-state index contributed by atoms with van der Waals surface area (Å²) < 4.78 is 2.15. The van der Waals surface area contributed by atoms with Crippen LogP contribution in [-0.4, -0.2) is 9.97 Å². The van der Waals surface area contributed by atoms with Crippen LogP contribution in [0.25, 0.3) is 22.6 Å². The van der Waals surface area contributed by atoms with E-state index in [2.05, 4.69) is 61.8 Å². The smallest absolute Gasteiger partial charge is 0.264 e. The van der Waals surface area contributed by atoms with Crippen LogP contribution in [-0.2, 0) is 13.5 Å². The summed E-state index contributed by atoms with van der Waals surface area (Å²) in [7, 11) is 2.08. The first-order valence-electron chi connectivity index (χ1n) is 7.95. The maximum absolute atomic E-state index is 5.03. The fourth-order valence-corrected chi connectivity index (χ4v) is 3.49. The number of aryl methyl sites for hydroxylation is 3. The van der Waals surface area contributed by atoms with Crippen LogP contribution in [0, 0.1) is 20.8 Å².